The van der Waals surface area contributed by atoms with Gasteiger partial charge in [0.05, 0.1) is 25.8 Å². The highest BCUT2D eigenvalue weighted by Gasteiger charge is 2.96. The van der Waals surface area contributed by atoms with E-state index >= 15 is 0 Å². The van der Waals surface area contributed by atoms with Crippen LogP contribution in [-0.2, 0) is 20.1 Å². The predicted octanol–water partition coefficient (Wildman–Crippen LogP) is 3.45. The van der Waals surface area contributed by atoms with Gasteiger partial charge in [-0.05, 0) is 0 Å². The number of alkyl halides is 17. The number of rotatable bonds is 18. The third-order valence-electron chi connectivity index (χ3n) is 5.92. The lowest BCUT2D eigenvalue weighted by molar-refractivity contribution is -0.866. The summed E-state index contributed by atoms with van der Waals surface area (Å²) in [5.41, 5.74) is 0. The highest BCUT2D eigenvalue weighted by Crippen LogP contribution is 2.64. The second kappa shape index (κ2) is 13.1. The van der Waals surface area contributed by atoms with Crippen LogP contribution in [0.1, 0.15) is 6.42 Å². The zero-order chi connectivity index (χ0) is 37.6. The molecule has 0 aromatic heterocycles. The van der Waals surface area contributed by atoms with Crippen molar-refractivity contribution in [1.29, 1.82) is 0 Å². The van der Waals surface area contributed by atoms with Crippen molar-refractivity contribution in [2.45, 2.75) is 59.5 Å². The zero-order valence-electron chi connectivity index (χ0n) is 22.3. The number of aliphatic hydroxyl groups excluding tert-OH is 2. The molecule has 0 aromatic carbocycles. The third kappa shape index (κ3) is 7.86. The van der Waals surface area contributed by atoms with Gasteiger partial charge in [0.1, 0.15) is 5.75 Å². The maximum absolute atomic E-state index is 14.7. The van der Waals surface area contributed by atoms with Gasteiger partial charge in [-0.1, -0.05) is 0 Å². The molecule has 0 aliphatic heterocycles. The average Bonchev–Trinajstić information content (AvgIpc) is 2.80. The van der Waals surface area contributed by atoms with Crippen LogP contribution in [0.15, 0.2) is 0 Å². The third-order valence-corrected chi connectivity index (χ3v) is 8.64. The first kappa shape index (κ1) is 44.5. The van der Waals surface area contributed by atoms with Crippen molar-refractivity contribution in [1.82, 2.24) is 4.31 Å². The minimum atomic E-state index is -9.05. The van der Waals surface area contributed by atoms with Crippen molar-refractivity contribution in [3.63, 3.8) is 0 Å². The van der Waals surface area contributed by atoms with Crippen LogP contribution in [0.2, 0.25) is 0 Å². The van der Waals surface area contributed by atoms with Crippen LogP contribution in [-0.4, -0.2) is 139 Å². The van der Waals surface area contributed by atoms with E-state index in [1.54, 1.807) is 0 Å². The van der Waals surface area contributed by atoms with Gasteiger partial charge in [-0.2, -0.15) is 87.4 Å². The normalized spacial score (nSPS) is 17.7. The van der Waals surface area contributed by atoms with Crippen LogP contribution >= 0.6 is 0 Å². The molecule has 278 valence electrons. The first-order chi connectivity index (χ1) is 19.8. The fourth-order valence-corrected chi connectivity index (χ4v) is 5.40. The number of halogens is 17. The standard InChI is InChI=1S/C18H23F17N2O7S2/c1-37(2,6-7-38)5-3-4-36(8-10(39)9-45(40,41)42)46(43,44)18(34,35)16(29,30)14(25,26)12(21,22)11(19,20)13(23,24)15(27,28)17(31,32)33/h10,38-39H,1,3-9H2,2H3,(H,40,41,42). The molecule has 0 amide bonds. The molecule has 46 heavy (non-hydrogen) atoms. The van der Waals surface area contributed by atoms with E-state index in [0.717, 1.165) is 7.05 Å². The molecule has 0 heterocycles. The number of quaternary nitrogens is 1. The van der Waals surface area contributed by atoms with E-state index in [4.69, 9.17) is 9.66 Å². The molecule has 2 atom stereocenters. The van der Waals surface area contributed by atoms with Gasteiger partial charge in [-0.25, -0.2) is 8.42 Å². The second-order valence-corrected chi connectivity index (χ2v) is 13.3. The van der Waals surface area contributed by atoms with Crippen molar-refractivity contribution in [3.05, 3.63) is 7.05 Å². The van der Waals surface area contributed by atoms with Crippen LogP contribution in [0.25, 0.3) is 0 Å². The van der Waals surface area contributed by atoms with Gasteiger partial charge in [0, 0.05) is 26.6 Å². The molecule has 0 spiro atoms. The number of aliphatic hydroxyl groups is 2. The molecule has 0 radical (unpaired) electrons. The van der Waals surface area contributed by atoms with E-state index in [2.05, 4.69) is 7.05 Å². The summed E-state index contributed by atoms with van der Waals surface area (Å²) in [5, 5.41) is 10.6. The second-order valence-electron chi connectivity index (χ2n) is 9.87. The van der Waals surface area contributed by atoms with E-state index in [0.29, 0.717) is 0 Å². The molecule has 9 nitrogen and oxygen atoms in total. The molecular weight excluding hydrogens is 743 g/mol. The van der Waals surface area contributed by atoms with E-state index in [-0.39, 0.29) is 6.54 Å². The average molecular weight is 766 g/mol. The largest absolute Gasteiger partial charge is 0.460 e. The predicted molar refractivity (Wildman–Crippen MR) is 117 cm³/mol. The molecule has 0 aromatic rings. The maximum Gasteiger partial charge on any atom is 0.460 e. The van der Waals surface area contributed by atoms with Gasteiger partial charge < -0.3 is 14.7 Å². The first-order valence-corrected chi connectivity index (χ1v) is 14.5. The molecule has 3 N–H and O–H groups in total. The monoisotopic (exact) mass is 766 g/mol. The smallest absolute Gasteiger partial charge is 0.457 e. The van der Waals surface area contributed by atoms with E-state index in [1.165, 1.54) is 0 Å². The molecule has 0 aliphatic carbocycles. The highest BCUT2D eigenvalue weighted by atomic mass is 32.2. The fraction of sp³-hybridized carbons (Fsp3) is 0.944. The Morgan fingerprint density at radius 1 is 0.696 bits per heavy atom. The highest BCUT2D eigenvalue weighted by molar-refractivity contribution is 7.90. The Hall–Kier alpha value is -1.49. The van der Waals surface area contributed by atoms with Crippen molar-refractivity contribution in [2.75, 3.05) is 45.6 Å². The Bertz CT molecular complexity index is 1270. The molecule has 0 rings (SSSR count). The lowest BCUT2D eigenvalue weighted by atomic mass is 9.91. The molecule has 0 saturated heterocycles. The SMILES string of the molecule is [CH2-][N+](C)(CCO)CCCN(CC(O)CS(=O)(=O)O)S(=O)(=O)C(F)(F)C(F)(F)C(F)(F)C(F)(F)C(F)(F)C(F)(F)C(F)(F)C(F)(F)F. The van der Waals surface area contributed by atoms with E-state index in [9.17, 15) is 96.6 Å². The summed E-state index contributed by atoms with van der Waals surface area (Å²) in [5.74, 6) is -54.8. The summed E-state index contributed by atoms with van der Waals surface area (Å²) in [6, 6.07) is 0. The zero-order valence-corrected chi connectivity index (χ0v) is 24.0. The molecule has 0 aliphatic rings. The fourth-order valence-electron chi connectivity index (χ4n) is 3.30. The summed E-state index contributed by atoms with van der Waals surface area (Å²) in [7, 11) is -8.72. The van der Waals surface area contributed by atoms with Crippen LogP contribution in [0, 0.1) is 7.05 Å². The number of sulfonamides is 1. The van der Waals surface area contributed by atoms with Gasteiger partial charge in [0.15, 0.2) is 0 Å². The van der Waals surface area contributed by atoms with Gasteiger partial charge in [-0.3, -0.25) is 4.55 Å². The molecule has 28 heteroatoms. The van der Waals surface area contributed by atoms with E-state index < -0.39 is 120 Å². The van der Waals surface area contributed by atoms with E-state index in [1.807, 2.05) is 0 Å². The van der Waals surface area contributed by atoms with Crippen molar-refractivity contribution in [3.8, 4) is 0 Å². The Kier molecular flexibility index (Phi) is 12.7. The number of likely N-dealkylation sites (N-methyl/N-ethyl adjacent to an activating group) is 1. The summed E-state index contributed by atoms with van der Waals surface area (Å²) in [4.78, 5) is 0. The molecule has 0 bridgehead atoms. The number of nitrogens with zero attached hydrogens (tertiary/aromatic N) is 2. The summed E-state index contributed by atoms with van der Waals surface area (Å²) < 4.78 is 285. The van der Waals surface area contributed by atoms with Crippen molar-refractivity contribution < 1.29 is 111 Å². The Balaban J connectivity index is 7.13. The van der Waals surface area contributed by atoms with Crippen LogP contribution in [0.5, 0.6) is 0 Å². The molecular formula is C18H23F17N2O7S2. The minimum absolute atomic E-state index is 0.320. The van der Waals surface area contributed by atoms with Crippen LogP contribution in [0.3, 0.4) is 0 Å². The van der Waals surface area contributed by atoms with Crippen molar-refractivity contribution >= 4 is 20.1 Å². The summed E-state index contributed by atoms with van der Waals surface area (Å²) in [6.07, 6.45) is -11.9. The van der Waals surface area contributed by atoms with Gasteiger partial charge in [-0.15, -0.1) is 7.05 Å². The number of hydrogen-bond acceptors (Lipinski definition) is 6. The molecule has 0 saturated carbocycles. The van der Waals surface area contributed by atoms with Crippen LogP contribution in [0.4, 0.5) is 74.6 Å². The molecule has 0 fully saturated rings. The minimum Gasteiger partial charge on any atom is -0.457 e. The van der Waals surface area contributed by atoms with Gasteiger partial charge in [0.25, 0.3) is 20.1 Å². The summed E-state index contributed by atoms with van der Waals surface area (Å²) >= 11 is 0. The van der Waals surface area contributed by atoms with Crippen LogP contribution < -0.4 is 0 Å². The lowest BCUT2D eigenvalue weighted by Crippen LogP contribution is -2.75. The quantitative estimate of drug-likeness (QED) is 0.0844. The Labute approximate surface area is 247 Å². The van der Waals surface area contributed by atoms with Gasteiger partial charge in [0.2, 0.25) is 0 Å². The lowest BCUT2D eigenvalue weighted by Gasteiger charge is -2.43. The summed E-state index contributed by atoms with van der Waals surface area (Å²) in [6.45, 7) is -5.52. The van der Waals surface area contributed by atoms with Gasteiger partial charge >= 0.3 is 47.0 Å². The first-order valence-electron chi connectivity index (χ1n) is 11.4. The topological polar surface area (TPSA) is 132 Å². The molecule has 2 unspecified atom stereocenters. The Morgan fingerprint density at radius 2 is 1.07 bits per heavy atom. The Morgan fingerprint density at radius 3 is 1.41 bits per heavy atom. The van der Waals surface area contributed by atoms with Crippen molar-refractivity contribution in [2.24, 2.45) is 0 Å². The number of hydrogen-bond donors (Lipinski definition) is 3. The maximum atomic E-state index is 14.7.